The van der Waals surface area contributed by atoms with Crippen LogP contribution >= 0.6 is 0 Å². The fourth-order valence-corrected chi connectivity index (χ4v) is 5.99. The molecule has 0 spiro atoms. The number of carbonyl (C=O) groups is 1. The smallest absolute Gasteiger partial charge is 0.410 e. The molecule has 0 bridgehead atoms. The number of pyridine rings is 1. The minimum Gasteiger partial charge on any atom is -0.497 e. The molecule has 0 atom stereocenters. The molecule has 0 radical (unpaired) electrons. The van der Waals surface area contributed by atoms with Crippen LogP contribution in [0.15, 0.2) is 73.2 Å². The summed E-state index contributed by atoms with van der Waals surface area (Å²) in [6, 6.07) is 18.2. The van der Waals surface area contributed by atoms with Gasteiger partial charge in [-0.05, 0) is 74.7 Å². The Balaban J connectivity index is 1.32. The number of aromatic nitrogens is 6. The lowest BCUT2D eigenvalue weighted by atomic mass is 10.1. The first kappa shape index (κ1) is 38.6. The molecule has 55 heavy (non-hydrogen) atoms. The normalized spacial score (nSPS) is 13.3. The molecule has 1 saturated heterocycles. The summed E-state index contributed by atoms with van der Waals surface area (Å²) in [6.45, 7) is 11.7. The fraction of sp³-hybridized carbons (Fsp3) is 0.375. The number of carbonyl (C=O) groups excluding carboxylic acids is 1. The van der Waals surface area contributed by atoms with Gasteiger partial charge in [-0.2, -0.15) is 9.97 Å². The number of ether oxygens (including phenoxy) is 4. The summed E-state index contributed by atoms with van der Waals surface area (Å²) in [5, 5.41) is 3.36. The summed E-state index contributed by atoms with van der Waals surface area (Å²) in [5.41, 5.74) is 3.84. The highest BCUT2D eigenvalue weighted by Crippen LogP contribution is 2.30. The summed E-state index contributed by atoms with van der Waals surface area (Å²) in [5.74, 6) is 3.61. The second-order valence-corrected chi connectivity index (χ2v) is 14.1. The zero-order chi connectivity index (χ0) is 39.0. The maximum absolute atomic E-state index is 12.7. The van der Waals surface area contributed by atoms with E-state index in [-0.39, 0.29) is 12.1 Å². The SMILES string of the molecule is COc1ccc(CN(Cc2ccc(OC)cc2)c2nc(C)nc(-c3cc(CN4CCN(C(=O)OC(C)(C)C)CC4)cnc3Nc3cnc(OC)nc3)n2)cc1. The van der Waals surface area contributed by atoms with Gasteiger partial charge in [0.15, 0.2) is 5.82 Å². The molecule has 1 amide bonds. The van der Waals surface area contributed by atoms with Gasteiger partial charge in [0.1, 0.15) is 28.7 Å². The topological polar surface area (TPSA) is 153 Å². The van der Waals surface area contributed by atoms with Crippen LogP contribution in [0.2, 0.25) is 0 Å². The Bertz CT molecular complexity index is 1980. The minimum absolute atomic E-state index is 0.257. The number of methoxy groups -OCH3 is 3. The van der Waals surface area contributed by atoms with Crippen molar-refractivity contribution in [2.24, 2.45) is 0 Å². The first-order chi connectivity index (χ1) is 26.5. The molecule has 1 aliphatic rings. The van der Waals surface area contributed by atoms with E-state index < -0.39 is 5.60 Å². The van der Waals surface area contributed by atoms with E-state index in [1.807, 2.05) is 82.4 Å². The highest BCUT2D eigenvalue weighted by Gasteiger charge is 2.26. The number of nitrogens with one attached hydrogen (secondary N) is 1. The van der Waals surface area contributed by atoms with Gasteiger partial charge < -0.3 is 34.1 Å². The van der Waals surface area contributed by atoms with Crippen molar-refractivity contribution in [1.29, 1.82) is 0 Å². The highest BCUT2D eigenvalue weighted by atomic mass is 16.6. The summed E-state index contributed by atoms with van der Waals surface area (Å²) < 4.78 is 21.6. The number of hydrogen-bond acceptors (Lipinski definition) is 14. The maximum Gasteiger partial charge on any atom is 0.410 e. The van der Waals surface area contributed by atoms with Gasteiger partial charge in [0.25, 0.3) is 0 Å². The standard InChI is InChI=1S/C40H48N10O5/c1-27-44-36(47-37(45-27)50(25-28-8-12-32(52-5)13-9-28)26-29-10-14-33(53-6)15-11-29)34-20-30(21-41-35(34)46-31-22-42-38(54-7)43-23-31)24-48-16-18-49(19-17-48)39(51)55-40(2,3)4/h8-15,20-23H,16-19,24-26H2,1-7H3,(H,41,46). The Labute approximate surface area is 321 Å². The number of nitrogens with zero attached hydrogens (tertiary/aromatic N) is 9. The van der Waals surface area contributed by atoms with Gasteiger partial charge in [-0.1, -0.05) is 24.3 Å². The molecule has 4 heterocycles. The monoisotopic (exact) mass is 748 g/mol. The summed E-state index contributed by atoms with van der Waals surface area (Å²) in [4.78, 5) is 47.0. The van der Waals surface area contributed by atoms with E-state index in [1.54, 1.807) is 31.5 Å². The van der Waals surface area contributed by atoms with Gasteiger partial charge >= 0.3 is 12.1 Å². The molecule has 0 saturated carbocycles. The van der Waals surface area contributed by atoms with Crippen molar-refractivity contribution in [2.75, 3.05) is 57.7 Å². The van der Waals surface area contributed by atoms with E-state index in [2.05, 4.69) is 31.2 Å². The van der Waals surface area contributed by atoms with Gasteiger partial charge in [0.05, 0.1) is 45.0 Å². The Morgan fingerprint density at radius 2 is 1.36 bits per heavy atom. The van der Waals surface area contributed by atoms with Crippen LogP contribution in [0.25, 0.3) is 11.4 Å². The van der Waals surface area contributed by atoms with Crippen molar-refractivity contribution in [3.05, 3.63) is 95.7 Å². The highest BCUT2D eigenvalue weighted by molar-refractivity contribution is 5.75. The number of aryl methyl sites for hydroxylation is 1. The number of rotatable bonds is 13. The fourth-order valence-electron chi connectivity index (χ4n) is 5.99. The average Bonchev–Trinajstić information content (AvgIpc) is 3.18. The second kappa shape index (κ2) is 17.4. The first-order valence-corrected chi connectivity index (χ1v) is 18.0. The van der Waals surface area contributed by atoms with E-state index in [0.717, 1.165) is 28.2 Å². The third-order valence-corrected chi connectivity index (χ3v) is 8.77. The molecule has 0 aliphatic carbocycles. The lowest BCUT2D eigenvalue weighted by molar-refractivity contribution is 0.0139. The van der Waals surface area contributed by atoms with Crippen LogP contribution in [0.4, 0.5) is 22.2 Å². The zero-order valence-corrected chi connectivity index (χ0v) is 32.4. The van der Waals surface area contributed by atoms with E-state index in [9.17, 15) is 4.79 Å². The quantitative estimate of drug-likeness (QED) is 0.148. The van der Waals surface area contributed by atoms with E-state index in [0.29, 0.717) is 80.5 Å². The number of hydrogen-bond donors (Lipinski definition) is 1. The van der Waals surface area contributed by atoms with Crippen LogP contribution in [0.1, 0.15) is 43.3 Å². The van der Waals surface area contributed by atoms with Crippen molar-refractivity contribution in [1.82, 2.24) is 39.7 Å². The second-order valence-electron chi connectivity index (χ2n) is 14.1. The third kappa shape index (κ3) is 10.5. The van der Waals surface area contributed by atoms with E-state index in [4.69, 9.17) is 38.9 Å². The molecule has 15 nitrogen and oxygen atoms in total. The van der Waals surface area contributed by atoms with Gasteiger partial charge in [-0.25, -0.2) is 24.7 Å². The van der Waals surface area contributed by atoms with Crippen LogP contribution in [-0.4, -0.2) is 98.9 Å². The summed E-state index contributed by atoms with van der Waals surface area (Å²) in [7, 11) is 4.83. The van der Waals surface area contributed by atoms with Crippen molar-refractivity contribution >= 4 is 23.5 Å². The zero-order valence-electron chi connectivity index (χ0n) is 32.4. The molecule has 1 N–H and O–H groups in total. The average molecular weight is 749 g/mol. The van der Waals surface area contributed by atoms with Crippen LogP contribution in [0, 0.1) is 6.92 Å². The van der Waals surface area contributed by atoms with Crippen LogP contribution in [-0.2, 0) is 24.4 Å². The molecule has 3 aromatic heterocycles. The molecule has 0 unspecified atom stereocenters. The first-order valence-electron chi connectivity index (χ1n) is 18.0. The Morgan fingerprint density at radius 3 is 1.91 bits per heavy atom. The predicted octanol–water partition coefficient (Wildman–Crippen LogP) is 6.06. The number of amides is 1. The Hall–Kier alpha value is -6.09. The molecule has 5 aromatic rings. The van der Waals surface area contributed by atoms with Gasteiger partial charge in [-0.15, -0.1) is 0 Å². The predicted molar refractivity (Wildman–Crippen MR) is 209 cm³/mol. The lowest BCUT2D eigenvalue weighted by Gasteiger charge is -2.35. The van der Waals surface area contributed by atoms with Gasteiger partial charge in [0, 0.05) is 52.0 Å². The van der Waals surface area contributed by atoms with Crippen LogP contribution in [0.3, 0.4) is 0 Å². The molecule has 1 fully saturated rings. The van der Waals surface area contributed by atoms with Crippen LogP contribution in [0.5, 0.6) is 17.5 Å². The summed E-state index contributed by atoms with van der Waals surface area (Å²) in [6.07, 6.45) is 4.81. The molecule has 288 valence electrons. The summed E-state index contributed by atoms with van der Waals surface area (Å²) >= 11 is 0. The largest absolute Gasteiger partial charge is 0.497 e. The van der Waals surface area contributed by atoms with Crippen LogP contribution < -0.4 is 24.4 Å². The lowest BCUT2D eigenvalue weighted by Crippen LogP contribution is -2.49. The maximum atomic E-state index is 12.7. The third-order valence-electron chi connectivity index (χ3n) is 8.77. The van der Waals surface area contributed by atoms with Gasteiger partial charge in [0.2, 0.25) is 5.95 Å². The number of anilines is 3. The molecule has 6 rings (SSSR count). The molecule has 15 heteroatoms. The molecular formula is C40H48N10O5. The molecular weight excluding hydrogens is 701 g/mol. The molecule has 1 aliphatic heterocycles. The number of piperazine rings is 1. The molecule has 2 aromatic carbocycles. The van der Waals surface area contributed by atoms with Crippen molar-refractivity contribution < 1.29 is 23.7 Å². The minimum atomic E-state index is -0.542. The number of benzene rings is 2. The van der Waals surface area contributed by atoms with Crippen molar-refractivity contribution in [2.45, 2.75) is 52.9 Å². The Morgan fingerprint density at radius 1 is 0.764 bits per heavy atom. The van der Waals surface area contributed by atoms with Crippen molar-refractivity contribution in [3.8, 4) is 28.9 Å². The van der Waals surface area contributed by atoms with Crippen molar-refractivity contribution in [3.63, 3.8) is 0 Å². The van der Waals surface area contributed by atoms with E-state index >= 15 is 0 Å². The van der Waals surface area contributed by atoms with Gasteiger partial charge in [-0.3, -0.25) is 4.90 Å². The Kier molecular flexibility index (Phi) is 12.2. The van der Waals surface area contributed by atoms with E-state index in [1.165, 1.54) is 7.11 Å².